The first kappa shape index (κ1) is 16.3. The number of piperazine rings is 1. The number of nitrogens with zero attached hydrogens (tertiary/aromatic N) is 1. The summed E-state index contributed by atoms with van der Waals surface area (Å²) in [5.41, 5.74) is -0.349. The Morgan fingerprint density at radius 1 is 1.46 bits per heavy atom. The van der Waals surface area contributed by atoms with Gasteiger partial charge >= 0.3 is 0 Å². The Kier molecular flexibility index (Phi) is 4.66. The van der Waals surface area contributed by atoms with E-state index in [-0.39, 0.29) is 29.6 Å². The molecule has 1 atom stereocenters. The second kappa shape index (κ2) is 6.88. The van der Waals surface area contributed by atoms with Crippen LogP contribution in [0.1, 0.15) is 16.7 Å². The van der Waals surface area contributed by atoms with Crippen LogP contribution in [0.3, 0.4) is 0 Å². The molecule has 1 unspecified atom stereocenters. The first-order valence-electron chi connectivity index (χ1n) is 7.39. The number of hydrogen-bond acceptors (Lipinski definition) is 6. The third kappa shape index (κ3) is 3.18. The van der Waals surface area contributed by atoms with Crippen molar-refractivity contribution in [1.29, 1.82) is 0 Å². The third-order valence-electron chi connectivity index (χ3n) is 3.69. The Labute approximate surface area is 141 Å². The number of aryl methyl sites for hydroxylation is 1. The van der Waals surface area contributed by atoms with Gasteiger partial charge in [0, 0.05) is 24.0 Å². The van der Waals surface area contributed by atoms with Gasteiger partial charge in [0.2, 0.25) is 17.1 Å². The Morgan fingerprint density at radius 2 is 2.29 bits per heavy atom. The van der Waals surface area contributed by atoms with Crippen LogP contribution in [0.5, 0.6) is 5.75 Å². The zero-order valence-corrected chi connectivity index (χ0v) is 13.8. The molecule has 0 radical (unpaired) electrons. The summed E-state index contributed by atoms with van der Waals surface area (Å²) in [4.78, 5) is 38.7. The lowest BCUT2D eigenvalue weighted by Crippen LogP contribution is -2.53. The van der Waals surface area contributed by atoms with Crippen LogP contribution in [-0.4, -0.2) is 36.4 Å². The van der Waals surface area contributed by atoms with Crippen molar-refractivity contribution in [2.75, 3.05) is 19.7 Å². The molecule has 3 rings (SSSR count). The van der Waals surface area contributed by atoms with Crippen molar-refractivity contribution in [3.05, 3.63) is 50.7 Å². The van der Waals surface area contributed by atoms with E-state index in [0.29, 0.717) is 18.8 Å². The molecule has 1 N–H and O–H groups in total. The fourth-order valence-electron chi connectivity index (χ4n) is 2.56. The molecule has 2 amide bonds. The van der Waals surface area contributed by atoms with Gasteiger partial charge in [0.25, 0.3) is 5.91 Å². The van der Waals surface area contributed by atoms with Crippen molar-refractivity contribution in [3.63, 3.8) is 0 Å². The molecular formula is C16H16N2O5S. The number of carbonyl (C=O) groups is 2. The van der Waals surface area contributed by atoms with E-state index in [1.54, 1.807) is 6.92 Å². The van der Waals surface area contributed by atoms with Crippen molar-refractivity contribution in [1.82, 2.24) is 10.2 Å². The first-order valence-corrected chi connectivity index (χ1v) is 8.27. The smallest absolute Gasteiger partial charge is 0.261 e. The SMILES string of the molecule is Cc1occc(=O)c1OCC(=O)N1CCNC(=O)C1c1cccs1. The van der Waals surface area contributed by atoms with Crippen LogP contribution in [0.15, 0.2) is 39.1 Å². The fraction of sp³-hybridized carbons (Fsp3) is 0.312. The minimum absolute atomic E-state index is 0.0139. The highest BCUT2D eigenvalue weighted by Crippen LogP contribution is 2.27. The maximum atomic E-state index is 12.5. The average Bonchev–Trinajstić information content (AvgIpc) is 3.08. The summed E-state index contributed by atoms with van der Waals surface area (Å²) in [5, 5.41) is 4.62. The molecule has 0 aromatic carbocycles. The van der Waals surface area contributed by atoms with E-state index in [0.717, 1.165) is 4.88 Å². The lowest BCUT2D eigenvalue weighted by molar-refractivity contribution is -0.144. The summed E-state index contributed by atoms with van der Waals surface area (Å²) in [6.07, 6.45) is 1.27. The predicted molar refractivity (Wildman–Crippen MR) is 87.0 cm³/mol. The molecule has 0 bridgehead atoms. The van der Waals surface area contributed by atoms with Crippen LogP contribution in [0, 0.1) is 6.92 Å². The molecule has 2 aromatic heterocycles. The molecule has 0 saturated carbocycles. The summed E-state index contributed by atoms with van der Waals surface area (Å²) in [6, 6.07) is 4.22. The maximum absolute atomic E-state index is 12.5. The molecule has 1 fully saturated rings. The largest absolute Gasteiger partial charge is 0.476 e. The normalized spacial score (nSPS) is 17.5. The summed E-state index contributed by atoms with van der Waals surface area (Å²) < 4.78 is 10.5. The number of thiophene rings is 1. The van der Waals surface area contributed by atoms with Crippen molar-refractivity contribution in [3.8, 4) is 5.75 Å². The van der Waals surface area contributed by atoms with Crippen molar-refractivity contribution in [2.45, 2.75) is 13.0 Å². The van der Waals surface area contributed by atoms with E-state index < -0.39 is 6.04 Å². The van der Waals surface area contributed by atoms with Gasteiger partial charge in [0.1, 0.15) is 11.8 Å². The van der Waals surface area contributed by atoms with E-state index in [1.807, 2.05) is 17.5 Å². The lowest BCUT2D eigenvalue weighted by atomic mass is 10.1. The highest BCUT2D eigenvalue weighted by atomic mass is 32.1. The Hall–Kier alpha value is -2.61. The second-order valence-electron chi connectivity index (χ2n) is 5.25. The number of nitrogens with one attached hydrogen (secondary N) is 1. The van der Waals surface area contributed by atoms with Gasteiger partial charge in [0.15, 0.2) is 6.61 Å². The van der Waals surface area contributed by atoms with E-state index in [1.165, 1.54) is 28.6 Å². The molecule has 8 heteroatoms. The Morgan fingerprint density at radius 3 is 3.00 bits per heavy atom. The maximum Gasteiger partial charge on any atom is 0.261 e. The number of ether oxygens (including phenoxy) is 1. The number of hydrogen-bond donors (Lipinski definition) is 1. The zero-order valence-electron chi connectivity index (χ0n) is 13.0. The van der Waals surface area contributed by atoms with Gasteiger partial charge in [0.05, 0.1) is 6.26 Å². The predicted octanol–water partition coefficient (Wildman–Crippen LogP) is 1.09. The molecule has 2 aromatic rings. The van der Waals surface area contributed by atoms with E-state index in [4.69, 9.17) is 9.15 Å². The second-order valence-corrected chi connectivity index (χ2v) is 6.23. The van der Waals surface area contributed by atoms with Crippen molar-refractivity contribution in [2.24, 2.45) is 0 Å². The molecule has 126 valence electrons. The van der Waals surface area contributed by atoms with Crippen LogP contribution < -0.4 is 15.5 Å². The first-order chi connectivity index (χ1) is 11.6. The van der Waals surface area contributed by atoms with Gasteiger partial charge in [-0.05, 0) is 18.4 Å². The van der Waals surface area contributed by atoms with Gasteiger partial charge in [-0.25, -0.2) is 0 Å². The minimum Gasteiger partial charge on any atom is -0.476 e. The van der Waals surface area contributed by atoms with Crippen molar-refractivity contribution >= 4 is 23.2 Å². The summed E-state index contributed by atoms with van der Waals surface area (Å²) in [5.74, 6) is -0.250. The number of rotatable bonds is 4. The van der Waals surface area contributed by atoms with E-state index >= 15 is 0 Å². The number of amides is 2. The molecule has 7 nitrogen and oxygen atoms in total. The monoisotopic (exact) mass is 348 g/mol. The average molecular weight is 348 g/mol. The molecule has 0 spiro atoms. The molecule has 24 heavy (non-hydrogen) atoms. The van der Waals surface area contributed by atoms with Crippen LogP contribution in [0.25, 0.3) is 0 Å². The summed E-state index contributed by atoms with van der Waals surface area (Å²) in [6.45, 7) is 2.03. The van der Waals surface area contributed by atoms with Crippen LogP contribution in [0.4, 0.5) is 0 Å². The van der Waals surface area contributed by atoms with Gasteiger partial charge in [-0.15, -0.1) is 11.3 Å². The quantitative estimate of drug-likeness (QED) is 0.893. The Bertz CT molecular complexity index is 799. The lowest BCUT2D eigenvalue weighted by Gasteiger charge is -2.34. The van der Waals surface area contributed by atoms with Gasteiger partial charge < -0.3 is 19.4 Å². The van der Waals surface area contributed by atoms with Gasteiger partial charge in [-0.3, -0.25) is 14.4 Å². The Balaban J connectivity index is 1.75. The van der Waals surface area contributed by atoms with Crippen LogP contribution in [0.2, 0.25) is 0 Å². The van der Waals surface area contributed by atoms with E-state index in [2.05, 4.69) is 5.32 Å². The molecule has 0 aliphatic carbocycles. The molecule has 1 aliphatic rings. The fourth-order valence-corrected chi connectivity index (χ4v) is 3.39. The molecule has 1 saturated heterocycles. The minimum atomic E-state index is -0.664. The van der Waals surface area contributed by atoms with Gasteiger partial charge in [-0.1, -0.05) is 6.07 Å². The summed E-state index contributed by atoms with van der Waals surface area (Å²) in [7, 11) is 0. The van der Waals surface area contributed by atoms with Crippen LogP contribution in [-0.2, 0) is 9.59 Å². The third-order valence-corrected chi connectivity index (χ3v) is 4.62. The molecule has 3 heterocycles. The highest BCUT2D eigenvalue weighted by Gasteiger charge is 2.35. The molecule has 1 aliphatic heterocycles. The van der Waals surface area contributed by atoms with Gasteiger partial charge in [-0.2, -0.15) is 0 Å². The van der Waals surface area contributed by atoms with Crippen molar-refractivity contribution < 1.29 is 18.7 Å². The summed E-state index contributed by atoms with van der Waals surface area (Å²) >= 11 is 1.41. The molecular weight excluding hydrogens is 332 g/mol. The number of carbonyl (C=O) groups excluding carboxylic acids is 2. The van der Waals surface area contributed by atoms with Crippen LogP contribution >= 0.6 is 11.3 Å². The zero-order chi connectivity index (χ0) is 17.1. The highest BCUT2D eigenvalue weighted by molar-refractivity contribution is 7.10. The standard InChI is InChI=1S/C16H16N2O5S/c1-10-15(11(19)4-7-22-10)23-9-13(20)18-6-5-17-16(21)14(18)12-3-2-8-24-12/h2-4,7-8,14H,5-6,9H2,1H3,(H,17,21). The van der Waals surface area contributed by atoms with E-state index in [9.17, 15) is 14.4 Å². The topological polar surface area (TPSA) is 88.8 Å².